The van der Waals surface area contributed by atoms with Crippen LogP contribution in [0, 0.1) is 0 Å². The van der Waals surface area contributed by atoms with Gasteiger partial charge >= 0.3 is 6.18 Å². The van der Waals surface area contributed by atoms with Crippen LogP contribution in [0.15, 0.2) is 42.5 Å². The van der Waals surface area contributed by atoms with Gasteiger partial charge in [0.05, 0.1) is 12.2 Å². The lowest BCUT2D eigenvalue weighted by Gasteiger charge is -2.13. The van der Waals surface area contributed by atoms with Crippen molar-refractivity contribution in [1.29, 1.82) is 0 Å². The second kappa shape index (κ2) is 8.24. The molecule has 0 aliphatic carbocycles. The van der Waals surface area contributed by atoms with Crippen LogP contribution in [0.3, 0.4) is 0 Å². The summed E-state index contributed by atoms with van der Waals surface area (Å²) < 4.78 is 43.8. The molecule has 0 aromatic heterocycles. The van der Waals surface area contributed by atoms with Crippen molar-refractivity contribution >= 4 is 18.0 Å². The molecule has 2 aromatic carbocycles. The summed E-state index contributed by atoms with van der Waals surface area (Å²) in [6.45, 7) is 0.483. The molecule has 0 aliphatic heterocycles. The zero-order valence-electron chi connectivity index (χ0n) is 13.1. The smallest absolute Gasteiger partial charge is 0.416 e. The first-order valence-electron chi connectivity index (χ1n) is 7.34. The summed E-state index contributed by atoms with van der Waals surface area (Å²) in [5.41, 5.74) is 1.04. The topological polar surface area (TPSA) is 26.3 Å². The van der Waals surface area contributed by atoms with Crippen LogP contribution in [0.5, 0.6) is 5.75 Å². The van der Waals surface area contributed by atoms with Crippen molar-refractivity contribution < 1.29 is 22.7 Å². The zero-order chi connectivity index (χ0) is 17.6. The molecule has 0 radical (unpaired) electrons. The molecule has 0 amide bonds. The predicted octanol–water partition coefficient (Wildman–Crippen LogP) is 5.32. The van der Waals surface area contributed by atoms with E-state index in [1.807, 2.05) is 6.26 Å². The Morgan fingerprint density at radius 1 is 1.12 bits per heavy atom. The summed E-state index contributed by atoms with van der Waals surface area (Å²) in [6, 6.07) is 9.83. The van der Waals surface area contributed by atoms with Crippen LogP contribution < -0.4 is 4.74 Å². The molecule has 128 valence electrons. The minimum atomic E-state index is -4.36. The SMILES string of the molecule is CSCCCOc1cc(C=O)ccc1-c1ccc(C(F)(F)F)cc1. The first kappa shape index (κ1) is 18.4. The van der Waals surface area contributed by atoms with E-state index in [1.54, 1.807) is 30.0 Å². The average Bonchev–Trinajstić information content (AvgIpc) is 2.58. The Morgan fingerprint density at radius 3 is 2.42 bits per heavy atom. The largest absolute Gasteiger partial charge is 0.493 e. The normalized spacial score (nSPS) is 11.3. The van der Waals surface area contributed by atoms with Crippen LogP contribution in [-0.2, 0) is 6.18 Å². The minimum Gasteiger partial charge on any atom is -0.493 e. The Labute approximate surface area is 143 Å². The fourth-order valence-corrected chi connectivity index (χ4v) is 2.60. The fraction of sp³-hybridized carbons (Fsp3) is 0.278. The van der Waals surface area contributed by atoms with Crippen LogP contribution >= 0.6 is 11.8 Å². The summed E-state index contributed by atoms with van der Waals surface area (Å²) in [5.74, 6) is 1.45. The Bertz CT molecular complexity index is 682. The third-order valence-corrected chi connectivity index (χ3v) is 4.11. The Balaban J connectivity index is 2.29. The molecule has 0 spiro atoms. The van der Waals surface area contributed by atoms with E-state index in [-0.39, 0.29) is 0 Å². The lowest BCUT2D eigenvalue weighted by molar-refractivity contribution is -0.137. The monoisotopic (exact) mass is 354 g/mol. The first-order chi connectivity index (χ1) is 11.5. The van der Waals surface area contributed by atoms with E-state index in [9.17, 15) is 18.0 Å². The highest BCUT2D eigenvalue weighted by molar-refractivity contribution is 7.98. The van der Waals surface area contributed by atoms with E-state index in [0.717, 1.165) is 24.3 Å². The van der Waals surface area contributed by atoms with E-state index in [2.05, 4.69) is 0 Å². The Hall–Kier alpha value is -1.95. The maximum absolute atomic E-state index is 12.7. The summed E-state index contributed by atoms with van der Waals surface area (Å²) in [4.78, 5) is 11.0. The predicted molar refractivity (Wildman–Crippen MR) is 90.8 cm³/mol. The molecule has 0 bridgehead atoms. The highest BCUT2D eigenvalue weighted by Crippen LogP contribution is 2.34. The summed E-state index contributed by atoms with van der Waals surface area (Å²) in [7, 11) is 0. The van der Waals surface area contributed by atoms with E-state index < -0.39 is 11.7 Å². The number of thioether (sulfide) groups is 1. The van der Waals surface area contributed by atoms with Crippen LogP contribution in [0.25, 0.3) is 11.1 Å². The quantitative estimate of drug-likeness (QED) is 0.497. The van der Waals surface area contributed by atoms with Crippen LogP contribution in [0.2, 0.25) is 0 Å². The second-order valence-corrected chi connectivity index (χ2v) is 6.13. The maximum atomic E-state index is 12.7. The molecule has 24 heavy (non-hydrogen) atoms. The fourth-order valence-electron chi connectivity index (χ4n) is 2.19. The van der Waals surface area contributed by atoms with Crippen molar-refractivity contribution in [3.05, 3.63) is 53.6 Å². The molecule has 0 N–H and O–H groups in total. The molecule has 2 aromatic rings. The van der Waals surface area contributed by atoms with Gasteiger partial charge in [-0.15, -0.1) is 0 Å². The van der Waals surface area contributed by atoms with Gasteiger partial charge in [-0.25, -0.2) is 0 Å². The molecule has 2 nitrogen and oxygen atoms in total. The lowest BCUT2D eigenvalue weighted by Crippen LogP contribution is -2.04. The van der Waals surface area contributed by atoms with Crippen molar-refractivity contribution in [1.82, 2.24) is 0 Å². The third kappa shape index (κ3) is 4.77. The number of hydrogen-bond donors (Lipinski definition) is 0. The molecular weight excluding hydrogens is 337 g/mol. The number of carbonyl (C=O) groups is 1. The molecule has 0 atom stereocenters. The van der Waals surface area contributed by atoms with E-state index in [0.29, 0.717) is 35.3 Å². The summed E-state index contributed by atoms with van der Waals surface area (Å²) >= 11 is 1.71. The molecule has 2 rings (SSSR count). The van der Waals surface area contributed by atoms with Gasteiger partial charge in [-0.2, -0.15) is 24.9 Å². The molecule has 0 unspecified atom stereocenters. The first-order valence-corrected chi connectivity index (χ1v) is 8.73. The van der Waals surface area contributed by atoms with Gasteiger partial charge in [0.25, 0.3) is 0 Å². The van der Waals surface area contributed by atoms with Gasteiger partial charge in [0.2, 0.25) is 0 Å². The third-order valence-electron chi connectivity index (χ3n) is 3.42. The van der Waals surface area contributed by atoms with Crippen molar-refractivity contribution in [3.8, 4) is 16.9 Å². The van der Waals surface area contributed by atoms with Gasteiger partial charge in [0, 0.05) is 11.1 Å². The standard InChI is InChI=1S/C18H17F3O2S/c1-24-10-2-9-23-17-11-13(12-22)3-8-16(17)14-4-6-15(7-5-14)18(19,20)21/h3-8,11-12H,2,9-10H2,1H3. The van der Waals surface area contributed by atoms with Crippen molar-refractivity contribution in [2.75, 3.05) is 18.6 Å². The van der Waals surface area contributed by atoms with Crippen LogP contribution in [0.1, 0.15) is 22.3 Å². The van der Waals surface area contributed by atoms with Crippen LogP contribution in [0.4, 0.5) is 13.2 Å². The van der Waals surface area contributed by atoms with Crippen LogP contribution in [-0.4, -0.2) is 24.9 Å². The van der Waals surface area contributed by atoms with E-state index in [4.69, 9.17) is 4.74 Å². The molecule has 6 heteroatoms. The van der Waals surface area contributed by atoms with Gasteiger partial charge in [0.15, 0.2) is 0 Å². The molecular formula is C18H17F3O2S. The number of alkyl halides is 3. The zero-order valence-corrected chi connectivity index (χ0v) is 13.9. The number of benzene rings is 2. The van der Waals surface area contributed by atoms with Gasteiger partial charge in [-0.05, 0) is 48.3 Å². The number of carbonyl (C=O) groups excluding carboxylic acids is 1. The van der Waals surface area contributed by atoms with Gasteiger partial charge in [-0.3, -0.25) is 4.79 Å². The molecule has 0 aliphatic rings. The van der Waals surface area contributed by atoms with Gasteiger partial charge in [-0.1, -0.05) is 18.2 Å². The van der Waals surface area contributed by atoms with Gasteiger partial charge in [0.1, 0.15) is 12.0 Å². The molecule has 0 fully saturated rings. The summed E-state index contributed by atoms with van der Waals surface area (Å²) in [5, 5.41) is 0. The lowest BCUT2D eigenvalue weighted by atomic mass is 10.0. The van der Waals surface area contributed by atoms with Crippen molar-refractivity contribution in [3.63, 3.8) is 0 Å². The highest BCUT2D eigenvalue weighted by Gasteiger charge is 2.30. The van der Waals surface area contributed by atoms with Crippen molar-refractivity contribution in [2.45, 2.75) is 12.6 Å². The highest BCUT2D eigenvalue weighted by atomic mass is 32.2. The number of hydrogen-bond acceptors (Lipinski definition) is 3. The minimum absolute atomic E-state index is 0.463. The Morgan fingerprint density at radius 2 is 1.83 bits per heavy atom. The van der Waals surface area contributed by atoms with E-state index in [1.165, 1.54) is 12.1 Å². The van der Waals surface area contributed by atoms with Gasteiger partial charge < -0.3 is 4.74 Å². The molecule has 0 heterocycles. The Kier molecular flexibility index (Phi) is 6.31. The summed E-state index contributed by atoms with van der Waals surface area (Å²) in [6.07, 6.45) is -0.804. The van der Waals surface area contributed by atoms with E-state index >= 15 is 0 Å². The number of ether oxygens (including phenoxy) is 1. The number of aldehydes is 1. The average molecular weight is 354 g/mol. The maximum Gasteiger partial charge on any atom is 0.416 e. The van der Waals surface area contributed by atoms with Crippen molar-refractivity contribution in [2.24, 2.45) is 0 Å². The second-order valence-electron chi connectivity index (χ2n) is 5.14. The number of rotatable bonds is 7. The molecule has 0 saturated carbocycles. The molecule has 0 saturated heterocycles. The number of halogens is 3.